The summed E-state index contributed by atoms with van der Waals surface area (Å²) in [5.74, 6) is -0.719. The van der Waals surface area contributed by atoms with Crippen LogP contribution in [0.25, 0.3) is 0 Å². The van der Waals surface area contributed by atoms with Crippen molar-refractivity contribution < 1.29 is 50.0 Å². The number of aliphatic hydroxyl groups is 7. The zero-order valence-corrected chi connectivity index (χ0v) is 30.2. The Labute approximate surface area is 295 Å². The molecule has 1 fully saturated rings. The second kappa shape index (κ2) is 29.0. The van der Waals surface area contributed by atoms with E-state index in [4.69, 9.17) is 9.47 Å². The largest absolute Gasteiger partial charge is 0.394 e. The van der Waals surface area contributed by atoms with Gasteiger partial charge in [-0.1, -0.05) is 108 Å². The molecule has 0 aromatic rings. The minimum Gasteiger partial charge on any atom is -0.394 e. The summed E-state index contributed by atoms with van der Waals surface area (Å²) in [6.45, 7) is 3.13. The number of amides is 1. The second-order valence-corrected chi connectivity index (χ2v) is 13.3. The molecule has 1 rings (SSSR count). The van der Waals surface area contributed by atoms with E-state index in [0.29, 0.717) is 19.3 Å². The molecule has 1 aliphatic rings. The smallest absolute Gasteiger partial charge is 0.249 e. The van der Waals surface area contributed by atoms with Gasteiger partial charge in [0.25, 0.3) is 0 Å². The SMILES string of the molecule is C/C=C/CC/C=C/CC/C=C/CCCC(O)C(O)C(COC1OC(CO)C(O)C(O)C1O)NC(=O)C(O)CCCCCCCCCCCC. The topological polar surface area (TPSA) is 189 Å². The highest BCUT2D eigenvalue weighted by atomic mass is 16.7. The summed E-state index contributed by atoms with van der Waals surface area (Å²) in [6, 6.07) is -1.19. The van der Waals surface area contributed by atoms with E-state index in [2.05, 4.69) is 36.5 Å². The Morgan fingerprint density at radius 1 is 0.735 bits per heavy atom. The molecule has 8 N–H and O–H groups in total. The van der Waals surface area contributed by atoms with Gasteiger partial charge in [-0.3, -0.25) is 4.79 Å². The number of allylic oxidation sites excluding steroid dienone is 6. The lowest BCUT2D eigenvalue weighted by Gasteiger charge is -2.40. The monoisotopic (exact) mass is 699 g/mol. The minimum atomic E-state index is -1.67. The second-order valence-electron chi connectivity index (χ2n) is 13.3. The lowest BCUT2D eigenvalue weighted by Crippen LogP contribution is -2.60. The molecule has 11 nitrogen and oxygen atoms in total. The first-order valence-electron chi connectivity index (χ1n) is 18.9. The summed E-state index contributed by atoms with van der Waals surface area (Å²) >= 11 is 0. The lowest BCUT2D eigenvalue weighted by atomic mass is 9.98. The van der Waals surface area contributed by atoms with E-state index in [1.165, 1.54) is 38.5 Å². The van der Waals surface area contributed by atoms with Crippen LogP contribution in [-0.2, 0) is 14.3 Å². The van der Waals surface area contributed by atoms with Crippen LogP contribution >= 0.6 is 0 Å². The molecule has 9 unspecified atom stereocenters. The van der Waals surface area contributed by atoms with E-state index in [9.17, 15) is 40.5 Å². The van der Waals surface area contributed by atoms with E-state index in [0.717, 1.165) is 44.9 Å². The van der Waals surface area contributed by atoms with E-state index in [1.807, 2.05) is 19.1 Å². The van der Waals surface area contributed by atoms with Crippen molar-refractivity contribution in [3.8, 4) is 0 Å². The predicted octanol–water partition coefficient (Wildman–Crippen LogP) is 4.10. The third kappa shape index (κ3) is 20.1. The van der Waals surface area contributed by atoms with Crippen LogP contribution in [0.15, 0.2) is 36.5 Å². The van der Waals surface area contributed by atoms with Crippen LogP contribution in [0.5, 0.6) is 0 Å². The number of nitrogens with one attached hydrogen (secondary N) is 1. The van der Waals surface area contributed by atoms with Crippen LogP contribution in [0.1, 0.15) is 129 Å². The van der Waals surface area contributed by atoms with Crippen LogP contribution in [0.2, 0.25) is 0 Å². The predicted molar refractivity (Wildman–Crippen MR) is 192 cm³/mol. The number of hydrogen-bond donors (Lipinski definition) is 8. The minimum absolute atomic E-state index is 0.240. The van der Waals surface area contributed by atoms with Gasteiger partial charge in [0.2, 0.25) is 5.91 Å². The van der Waals surface area contributed by atoms with Gasteiger partial charge < -0.3 is 50.5 Å². The van der Waals surface area contributed by atoms with Crippen molar-refractivity contribution in [2.24, 2.45) is 0 Å². The van der Waals surface area contributed by atoms with E-state index in [1.54, 1.807) is 0 Å². The van der Waals surface area contributed by atoms with Gasteiger partial charge in [0.15, 0.2) is 6.29 Å². The molecule has 0 spiro atoms. The maximum absolute atomic E-state index is 12.9. The van der Waals surface area contributed by atoms with Crippen LogP contribution in [0.4, 0.5) is 0 Å². The molecule has 286 valence electrons. The van der Waals surface area contributed by atoms with Crippen LogP contribution in [-0.4, -0.2) is 110 Å². The summed E-state index contributed by atoms with van der Waals surface area (Å²) in [7, 11) is 0. The van der Waals surface area contributed by atoms with E-state index in [-0.39, 0.29) is 12.8 Å². The van der Waals surface area contributed by atoms with Gasteiger partial charge >= 0.3 is 0 Å². The highest BCUT2D eigenvalue weighted by molar-refractivity contribution is 5.80. The third-order valence-corrected chi connectivity index (χ3v) is 9.00. The average Bonchev–Trinajstić information content (AvgIpc) is 3.10. The van der Waals surface area contributed by atoms with Crippen LogP contribution in [0, 0.1) is 0 Å². The Morgan fingerprint density at radius 3 is 1.86 bits per heavy atom. The molecule has 1 aliphatic heterocycles. The standard InChI is InChI=1S/C38H69NO10/c1-3-5-7-9-11-13-15-16-18-19-21-23-25-30(41)33(43)29(28-48-38-36(46)35(45)34(44)32(27-40)49-38)39-37(47)31(42)26-24-22-20-17-14-12-10-8-6-4-2/h3,5,11,13,18-19,29-36,38,40-46H,4,6-10,12,14-17,20-28H2,1-2H3,(H,39,47)/b5-3+,13-11+,19-18+. The number of hydrogen-bond acceptors (Lipinski definition) is 10. The van der Waals surface area contributed by atoms with Gasteiger partial charge in [0.1, 0.15) is 36.6 Å². The molecule has 1 saturated heterocycles. The van der Waals surface area contributed by atoms with E-state index < -0.39 is 74.2 Å². The number of unbranched alkanes of at least 4 members (excludes halogenated alkanes) is 12. The number of aliphatic hydroxyl groups excluding tert-OH is 7. The fourth-order valence-electron chi connectivity index (χ4n) is 5.77. The third-order valence-electron chi connectivity index (χ3n) is 9.00. The maximum atomic E-state index is 12.9. The van der Waals surface area contributed by atoms with Crippen molar-refractivity contribution in [2.45, 2.75) is 184 Å². The zero-order chi connectivity index (χ0) is 36.3. The number of rotatable bonds is 29. The molecular formula is C38H69NO10. The Hall–Kier alpha value is -1.67. The average molecular weight is 700 g/mol. The van der Waals surface area contributed by atoms with Crippen molar-refractivity contribution in [1.82, 2.24) is 5.32 Å². The zero-order valence-electron chi connectivity index (χ0n) is 30.2. The van der Waals surface area contributed by atoms with Crippen molar-refractivity contribution in [3.05, 3.63) is 36.5 Å². The summed E-state index contributed by atoms with van der Waals surface area (Å²) in [4.78, 5) is 12.9. The molecule has 0 aromatic carbocycles. The van der Waals surface area contributed by atoms with Gasteiger partial charge in [0, 0.05) is 0 Å². The van der Waals surface area contributed by atoms with Gasteiger partial charge in [-0.2, -0.15) is 0 Å². The molecule has 0 bridgehead atoms. The summed E-state index contributed by atoms with van der Waals surface area (Å²) < 4.78 is 11.0. The van der Waals surface area contributed by atoms with E-state index >= 15 is 0 Å². The van der Waals surface area contributed by atoms with Crippen molar-refractivity contribution in [2.75, 3.05) is 13.2 Å². The molecule has 0 radical (unpaired) electrons. The summed E-state index contributed by atoms with van der Waals surface area (Å²) in [5, 5.41) is 75.0. The number of ether oxygens (including phenoxy) is 2. The Morgan fingerprint density at radius 2 is 1.29 bits per heavy atom. The molecule has 0 saturated carbocycles. The Kier molecular flexibility index (Phi) is 26.8. The summed E-state index contributed by atoms with van der Waals surface area (Å²) in [6.07, 6.45) is 18.0. The maximum Gasteiger partial charge on any atom is 0.249 e. The molecule has 49 heavy (non-hydrogen) atoms. The van der Waals surface area contributed by atoms with Crippen molar-refractivity contribution >= 4 is 5.91 Å². The molecule has 11 heteroatoms. The van der Waals surface area contributed by atoms with Crippen molar-refractivity contribution in [3.63, 3.8) is 0 Å². The highest BCUT2D eigenvalue weighted by Crippen LogP contribution is 2.23. The Balaban J connectivity index is 2.63. The van der Waals surface area contributed by atoms with Gasteiger partial charge in [0.05, 0.1) is 25.4 Å². The first-order chi connectivity index (χ1) is 23.7. The van der Waals surface area contributed by atoms with Gasteiger partial charge in [-0.25, -0.2) is 0 Å². The quantitative estimate of drug-likeness (QED) is 0.0417. The molecule has 1 amide bonds. The molecule has 1 heterocycles. The molecule has 9 atom stereocenters. The first-order valence-corrected chi connectivity index (χ1v) is 18.9. The molecule has 0 aliphatic carbocycles. The van der Waals surface area contributed by atoms with Gasteiger partial charge in [-0.15, -0.1) is 0 Å². The first kappa shape index (κ1) is 45.4. The summed E-state index contributed by atoms with van der Waals surface area (Å²) in [5.41, 5.74) is 0. The van der Waals surface area contributed by atoms with Crippen LogP contribution < -0.4 is 5.32 Å². The normalized spacial score (nSPS) is 24.1. The Bertz CT molecular complexity index is 898. The lowest BCUT2D eigenvalue weighted by molar-refractivity contribution is -0.303. The molecule has 0 aromatic heterocycles. The highest BCUT2D eigenvalue weighted by Gasteiger charge is 2.44. The van der Waals surface area contributed by atoms with Gasteiger partial charge in [-0.05, 0) is 58.3 Å². The van der Waals surface area contributed by atoms with Crippen LogP contribution in [0.3, 0.4) is 0 Å². The van der Waals surface area contributed by atoms with Crippen molar-refractivity contribution in [1.29, 1.82) is 0 Å². The fraction of sp³-hybridized carbons (Fsp3) is 0.816. The molecular weight excluding hydrogens is 630 g/mol. The fourth-order valence-corrected chi connectivity index (χ4v) is 5.77. The number of carbonyl (C=O) groups excluding carboxylic acids is 1. The number of carbonyl (C=O) groups is 1.